The quantitative estimate of drug-likeness (QED) is 0.213. The number of ether oxygens (including phenoxy) is 2. The topological polar surface area (TPSA) is 205 Å². The molecule has 0 radical (unpaired) electrons. The van der Waals surface area contributed by atoms with Crippen LogP contribution in [0.1, 0.15) is 30.1 Å². The molecule has 1 aromatic carbocycles. The monoisotopic (exact) mass is 471 g/mol. The molecule has 0 saturated heterocycles. The van der Waals surface area contributed by atoms with Gasteiger partial charge in [-0.1, -0.05) is 12.1 Å². The number of aliphatic carboxylic acids is 4. The average molecular weight is 471 g/mol. The fraction of sp³-hybridized carbons (Fsp3) is 0.400. The molecule has 0 atom stereocenters. The number of benzene rings is 1. The number of para-hydroxylation sites is 1. The van der Waals surface area contributed by atoms with Crippen molar-refractivity contribution in [3.63, 3.8) is 0 Å². The van der Waals surface area contributed by atoms with Crippen LogP contribution in [-0.2, 0) is 28.7 Å². The molecule has 182 valence electrons. The van der Waals surface area contributed by atoms with Crippen molar-refractivity contribution in [2.24, 2.45) is 0 Å². The zero-order chi connectivity index (χ0) is 26.0. The molecule has 1 rings (SSSR count). The number of quaternary nitrogens is 1. The van der Waals surface area contributed by atoms with Gasteiger partial charge in [-0.15, -0.1) is 0 Å². The standard InChI is InChI=1S/C15H14O10.C5H11NO2/c1-8(16)24-10-5-3-2-4-9(10)13(21)25-15(14(22)23,6-11(17)18)7-12(19)20;1-6(2,3)4-5(7)8/h2-5H,6-7H2,1H3,(H,17,18)(H,19,20)(H,22,23);4H2,1-3H3. The molecule has 0 fully saturated rings. The third-order valence-corrected chi connectivity index (χ3v) is 3.52. The van der Waals surface area contributed by atoms with Gasteiger partial charge in [-0.25, -0.2) is 9.59 Å². The number of carbonyl (C=O) groups is 6. The zero-order valence-corrected chi connectivity index (χ0v) is 18.4. The minimum Gasteiger partial charge on any atom is -0.544 e. The van der Waals surface area contributed by atoms with Crippen molar-refractivity contribution in [1.82, 2.24) is 0 Å². The normalized spacial score (nSPS) is 10.8. The second-order valence-corrected chi connectivity index (χ2v) is 7.74. The van der Waals surface area contributed by atoms with Gasteiger partial charge in [-0.3, -0.25) is 14.4 Å². The molecule has 0 heterocycles. The third-order valence-electron chi connectivity index (χ3n) is 3.52. The van der Waals surface area contributed by atoms with Crippen molar-refractivity contribution >= 4 is 35.8 Å². The van der Waals surface area contributed by atoms with E-state index in [0.717, 1.165) is 13.0 Å². The van der Waals surface area contributed by atoms with Gasteiger partial charge in [0.1, 0.15) is 17.9 Å². The molecule has 33 heavy (non-hydrogen) atoms. The van der Waals surface area contributed by atoms with Gasteiger partial charge in [0.25, 0.3) is 0 Å². The molecule has 0 spiro atoms. The van der Waals surface area contributed by atoms with Crippen LogP contribution in [0, 0.1) is 0 Å². The van der Waals surface area contributed by atoms with Gasteiger partial charge < -0.3 is 39.2 Å². The van der Waals surface area contributed by atoms with Gasteiger partial charge in [0.15, 0.2) is 0 Å². The maximum Gasteiger partial charge on any atom is 0.349 e. The molecule has 0 aliphatic rings. The SMILES string of the molecule is CC(=O)Oc1ccccc1C(=O)OC(CC(=O)O)(CC(=O)O)C(=O)O.C[N+](C)(C)CC(=O)[O-]. The summed E-state index contributed by atoms with van der Waals surface area (Å²) in [7, 11) is 5.40. The Bertz CT molecular complexity index is 900. The van der Waals surface area contributed by atoms with Crippen LogP contribution >= 0.6 is 0 Å². The Morgan fingerprint density at radius 3 is 1.76 bits per heavy atom. The van der Waals surface area contributed by atoms with E-state index >= 15 is 0 Å². The minimum atomic E-state index is -2.82. The van der Waals surface area contributed by atoms with E-state index in [-0.39, 0.29) is 17.9 Å². The summed E-state index contributed by atoms with van der Waals surface area (Å²) in [5, 5.41) is 36.8. The number of likely N-dealkylation sites (N-methyl/N-ethyl adjacent to an activating group) is 1. The fourth-order valence-electron chi connectivity index (χ4n) is 2.32. The molecule has 0 saturated carbocycles. The van der Waals surface area contributed by atoms with Gasteiger partial charge >= 0.3 is 29.8 Å². The number of nitrogens with zero attached hydrogens (tertiary/aromatic N) is 1. The Morgan fingerprint density at radius 1 is 0.939 bits per heavy atom. The molecule has 13 heteroatoms. The van der Waals surface area contributed by atoms with Gasteiger partial charge in [0, 0.05) is 6.92 Å². The van der Waals surface area contributed by atoms with Crippen molar-refractivity contribution < 1.29 is 63.2 Å². The molecule has 3 N–H and O–H groups in total. The highest BCUT2D eigenvalue weighted by molar-refractivity contribution is 5.97. The van der Waals surface area contributed by atoms with Crippen molar-refractivity contribution in [2.45, 2.75) is 25.4 Å². The minimum absolute atomic E-state index is 0.0694. The van der Waals surface area contributed by atoms with Crippen LogP contribution in [0.25, 0.3) is 0 Å². The van der Waals surface area contributed by atoms with Crippen molar-refractivity contribution in [3.05, 3.63) is 29.8 Å². The van der Waals surface area contributed by atoms with Crippen LogP contribution in [0.2, 0.25) is 0 Å². The lowest BCUT2D eigenvalue weighted by Gasteiger charge is -2.26. The maximum atomic E-state index is 12.3. The Balaban J connectivity index is 0.00000109. The number of hydrogen-bond acceptors (Lipinski definition) is 9. The number of rotatable bonds is 10. The van der Waals surface area contributed by atoms with Crippen LogP contribution in [0.15, 0.2) is 24.3 Å². The Labute approximate surface area is 188 Å². The van der Waals surface area contributed by atoms with Gasteiger partial charge in [-0.05, 0) is 12.1 Å². The van der Waals surface area contributed by atoms with Crippen LogP contribution in [0.3, 0.4) is 0 Å². The first-order valence-electron chi connectivity index (χ1n) is 9.17. The molecule has 0 aromatic heterocycles. The molecule has 13 nitrogen and oxygen atoms in total. The van der Waals surface area contributed by atoms with Crippen molar-refractivity contribution in [1.29, 1.82) is 0 Å². The predicted octanol–water partition coefficient (Wildman–Crippen LogP) is -1.02. The molecule has 1 aromatic rings. The Morgan fingerprint density at radius 2 is 1.42 bits per heavy atom. The smallest absolute Gasteiger partial charge is 0.349 e. The lowest BCUT2D eigenvalue weighted by molar-refractivity contribution is -0.864. The fourth-order valence-corrected chi connectivity index (χ4v) is 2.32. The summed E-state index contributed by atoms with van der Waals surface area (Å²) in [5.74, 6) is -8.64. The van der Waals surface area contributed by atoms with Crippen LogP contribution < -0.4 is 9.84 Å². The van der Waals surface area contributed by atoms with Gasteiger partial charge in [0.05, 0.1) is 40.0 Å². The van der Waals surface area contributed by atoms with E-state index in [1.54, 1.807) is 21.1 Å². The van der Waals surface area contributed by atoms with E-state index in [9.17, 15) is 39.0 Å². The first-order chi connectivity index (χ1) is 15.0. The highest BCUT2D eigenvalue weighted by Gasteiger charge is 2.47. The largest absolute Gasteiger partial charge is 0.544 e. The molecule has 0 bridgehead atoms. The molecule has 0 aliphatic carbocycles. The lowest BCUT2D eigenvalue weighted by atomic mass is 9.95. The number of carbonyl (C=O) groups excluding carboxylic acids is 3. The molecule has 0 amide bonds. The summed E-state index contributed by atoms with van der Waals surface area (Å²) >= 11 is 0. The Hall–Kier alpha value is -4.00. The first kappa shape index (κ1) is 29.0. The van der Waals surface area contributed by atoms with E-state index in [4.69, 9.17) is 19.7 Å². The van der Waals surface area contributed by atoms with E-state index in [1.807, 2.05) is 0 Å². The average Bonchev–Trinajstić information content (AvgIpc) is 2.58. The Kier molecular flexibility index (Phi) is 10.7. The summed E-state index contributed by atoms with van der Waals surface area (Å²) in [6.45, 7) is 1.14. The second-order valence-electron chi connectivity index (χ2n) is 7.74. The molecular weight excluding hydrogens is 446 g/mol. The highest BCUT2D eigenvalue weighted by atomic mass is 16.6. The van der Waals surface area contributed by atoms with Crippen LogP contribution in [-0.4, -0.2) is 88.9 Å². The van der Waals surface area contributed by atoms with Gasteiger partial charge in [-0.2, -0.15) is 0 Å². The van der Waals surface area contributed by atoms with E-state index in [1.165, 1.54) is 18.2 Å². The first-order valence-corrected chi connectivity index (χ1v) is 9.17. The zero-order valence-electron chi connectivity index (χ0n) is 18.4. The summed E-state index contributed by atoms with van der Waals surface area (Å²) in [6.07, 6.45) is -2.54. The van der Waals surface area contributed by atoms with E-state index in [2.05, 4.69) is 0 Å². The van der Waals surface area contributed by atoms with E-state index < -0.39 is 54.3 Å². The number of carboxylic acids is 4. The molecular formula is C20H25NO12. The van der Waals surface area contributed by atoms with Gasteiger partial charge in [0.2, 0.25) is 5.60 Å². The van der Waals surface area contributed by atoms with Crippen LogP contribution in [0.5, 0.6) is 5.75 Å². The summed E-state index contributed by atoms with van der Waals surface area (Å²) in [4.78, 5) is 66.5. The lowest BCUT2D eigenvalue weighted by Crippen LogP contribution is -2.47. The predicted molar refractivity (Wildman–Crippen MR) is 106 cm³/mol. The third kappa shape index (κ3) is 11.3. The summed E-state index contributed by atoms with van der Waals surface area (Å²) in [6, 6.07) is 5.16. The molecule has 0 aliphatic heterocycles. The summed E-state index contributed by atoms with van der Waals surface area (Å²) < 4.78 is 9.94. The number of esters is 2. The van der Waals surface area contributed by atoms with Crippen LogP contribution in [0.4, 0.5) is 0 Å². The van der Waals surface area contributed by atoms with E-state index in [0.29, 0.717) is 4.48 Å². The molecule has 0 unspecified atom stereocenters. The van der Waals surface area contributed by atoms with Crippen molar-refractivity contribution in [2.75, 3.05) is 27.7 Å². The second kappa shape index (κ2) is 12.1. The highest BCUT2D eigenvalue weighted by Crippen LogP contribution is 2.27. The number of carboxylic acid groups (broad SMARTS) is 4. The maximum absolute atomic E-state index is 12.3. The summed E-state index contributed by atoms with van der Waals surface area (Å²) in [5.41, 5.74) is -3.18. The van der Waals surface area contributed by atoms with Crippen molar-refractivity contribution in [3.8, 4) is 5.75 Å². The number of hydrogen-bond donors (Lipinski definition) is 3.